The van der Waals surface area contributed by atoms with Crippen LogP contribution in [-0.2, 0) is 11.2 Å². The Morgan fingerprint density at radius 3 is 2.59 bits per heavy atom. The van der Waals surface area contributed by atoms with Gasteiger partial charge in [-0.15, -0.1) is 12.4 Å². The molecule has 0 bridgehead atoms. The van der Waals surface area contributed by atoms with Crippen molar-refractivity contribution in [2.45, 2.75) is 51.9 Å². The molecular formula is C21H32ClN3OS. The first-order chi connectivity index (χ1) is 12.6. The van der Waals surface area contributed by atoms with Crippen molar-refractivity contribution in [1.29, 1.82) is 0 Å². The largest absolute Gasteiger partial charge is 0.309 e. The fourth-order valence-corrected chi connectivity index (χ4v) is 4.77. The molecule has 1 saturated carbocycles. The van der Waals surface area contributed by atoms with Crippen LogP contribution < -0.4 is 4.90 Å². The maximum absolute atomic E-state index is 13.3. The molecule has 27 heavy (non-hydrogen) atoms. The van der Waals surface area contributed by atoms with Crippen LogP contribution in [0, 0.1) is 5.92 Å². The number of carbonyl (C=O) groups is 1. The highest BCUT2D eigenvalue weighted by atomic mass is 35.5. The molecule has 4 nitrogen and oxygen atoms in total. The minimum absolute atomic E-state index is 0. The van der Waals surface area contributed by atoms with Crippen LogP contribution in [0.2, 0.25) is 0 Å². The van der Waals surface area contributed by atoms with Gasteiger partial charge in [0, 0.05) is 12.5 Å². The molecule has 3 rings (SSSR count). The molecule has 0 saturated heterocycles. The van der Waals surface area contributed by atoms with E-state index in [1.807, 2.05) is 4.90 Å². The number of nitrogens with zero attached hydrogens (tertiary/aromatic N) is 3. The maximum Gasteiger partial charge on any atom is 0.231 e. The third-order valence-electron chi connectivity index (χ3n) is 5.29. The molecule has 0 unspecified atom stereocenters. The Hall–Kier alpha value is -1.17. The second-order valence-electron chi connectivity index (χ2n) is 7.63. The van der Waals surface area contributed by atoms with Gasteiger partial charge in [-0.05, 0) is 64.0 Å². The van der Waals surface area contributed by atoms with E-state index in [0.29, 0.717) is 5.91 Å². The summed E-state index contributed by atoms with van der Waals surface area (Å²) in [4.78, 5) is 22.2. The first-order valence-electron chi connectivity index (χ1n) is 9.94. The Balaban J connectivity index is 0.00000261. The van der Waals surface area contributed by atoms with E-state index >= 15 is 0 Å². The maximum atomic E-state index is 13.3. The van der Waals surface area contributed by atoms with Crippen molar-refractivity contribution >= 4 is 45.0 Å². The van der Waals surface area contributed by atoms with E-state index in [2.05, 4.69) is 44.1 Å². The normalized spacial score (nSPS) is 15.1. The highest BCUT2D eigenvalue weighted by Gasteiger charge is 2.28. The van der Waals surface area contributed by atoms with E-state index in [4.69, 9.17) is 4.98 Å². The Kier molecular flexibility index (Phi) is 8.52. The molecule has 1 amide bonds. The average Bonchev–Trinajstić information content (AvgIpc) is 3.07. The summed E-state index contributed by atoms with van der Waals surface area (Å²) < 4.78 is 1.19. The second-order valence-corrected chi connectivity index (χ2v) is 8.64. The third kappa shape index (κ3) is 5.66. The molecule has 1 fully saturated rings. The molecule has 1 aromatic carbocycles. The number of rotatable bonds is 7. The lowest BCUT2D eigenvalue weighted by atomic mass is 9.88. The number of hydrogen-bond donors (Lipinski definition) is 0. The highest BCUT2D eigenvalue weighted by Crippen LogP contribution is 2.33. The minimum Gasteiger partial charge on any atom is -0.309 e. The molecule has 1 aliphatic carbocycles. The molecule has 0 aliphatic heterocycles. The van der Waals surface area contributed by atoms with Crippen LogP contribution in [0.25, 0.3) is 10.2 Å². The van der Waals surface area contributed by atoms with E-state index in [9.17, 15) is 4.79 Å². The molecule has 2 aromatic rings. The van der Waals surface area contributed by atoms with Crippen LogP contribution >= 0.6 is 23.7 Å². The number of benzene rings is 1. The standard InChI is InChI=1S/C21H31N3OS.ClH/c1-4-16-11-12-18-19(15-16)26-21(22-18)24(14-8-13-23(2)3)20(25)17-9-6-5-7-10-17;/h11-12,15,17H,4-10,13-14H2,1-3H3;1H. The lowest BCUT2D eigenvalue weighted by molar-refractivity contribution is -0.123. The highest BCUT2D eigenvalue weighted by molar-refractivity contribution is 7.22. The summed E-state index contributed by atoms with van der Waals surface area (Å²) >= 11 is 1.67. The number of aryl methyl sites for hydroxylation is 1. The number of fused-ring (bicyclic) bond motifs is 1. The zero-order chi connectivity index (χ0) is 18.5. The van der Waals surface area contributed by atoms with Gasteiger partial charge < -0.3 is 4.90 Å². The average molecular weight is 410 g/mol. The van der Waals surface area contributed by atoms with E-state index < -0.39 is 0 Å². The molecule has 0 spiro atoms. The smallest absolute Gasteiger partial charge is 0.231 e. The van der Waals surface area contributed by atoms with E-state index in [1.54, 1.807) is 11.3 Å². The van der Waals surface area contributed by atoms with Crippen molar-refractivity contribution in [2.75, 3.05) is 32.1 Å². The summed E-state index contributed by atoms with van der Waals surface area (Å²) in [5.41, 5.74) is 2.33. The van der Waals surface area contributed by atoms with Gasteiger partial charge in [0.25, 0.3) is 0 Å². The summed E-state index contributed by atoms with van der Waals surface area (Å²) in [6.45, 7) is 3.91. The van der Waals surface area contributed by atoms with Gasteiger partial charge >= 0.3 is 0 Å². The van der Waals surface area contributed by atoms with Crippen molar-refractivity contribution in [3.05, 3.63) is 23.8 Å². The van der Waals surface area contributed by atoms with Crippen LogP contribution in [0.3, 0.4) is 0 Å². The van der Waals surface area contributed by atoms with Gasteiger partial charge in [0.05, 0.1) is 10.2 Å². The summed E-state index contributed by atoms with van der Waals surface area (Å²) in [5.74, 6) is 0.472. The fourth-order valence-electron chi connectivity index (χ4n) is 3.71. The fraction of sp³-hybridized carbons (Fsp3) is 0.619. The van der Waals surface area contributed by atoms with Crippen LogP contribution in [0.15, 0.2) is 18.2 Å². The van der Waals surface area contributed by atoms with Crippen LogP contribution in [-0.4, -0.2) is 43.0 Å². The van der Waals surface area contributed by atoms with Crippen molar-refractivity contribution in [2.24, 2.45) is 5.92 Å². The van der Waals surface area contributed by atoms with Gasteiger partial charge in [-0.1, -0.05) is 43.6 Å². The molecule has 150 valence electrons. The molecule has 1 aliphatic rings. The lowest BCUT2D eigenvalue weighted by Crippen LogP contribution is -2.38. The van der Waals surface area contributed by atoms with E-state index in [1.165, 1.54) is 29.5 Å². The lowest BCUT2D eigenvalue weighted by Gasteiger charge is -2.28. The Morgan fingerprint density at radius 2 is 1.93 bits per heavy atom. The van der Waals surface area contributed by atoms with Gasteiger partial charge in [-0.2, -0.15) is 0 Å². The zero-order valence-electron chi connectivity index (χ0n) is 16.7. The number of thiazole rings is 1. The Morgan fingerprint density at radius 1 is 1.19 bits per heavy atom. The third-order valence-corrected chi connectivity index (χ3v) is 6.33. The Labute approximate surface area is 173 Å². The van der Waals surface area contributed by atoms with Gasteiger partial charge in [0.2, 0.25) is 5.91 Å². The number of carbonyl (C=O) groups excluding carboxylic acids is 1. The van der Waals surface area contributed by atoms with Gasteiger partial charge in [0.15, 0.2) is 5.13 Å². The van der Waals surface area contributed by atoms with Crippen LogP contribution in [0.4, 0.5) is 5.13 Å². The monoisotopic (exact) mass is 409 g/mol. The summed E-state index contributed by atoms with van der Waals surface area (Å²) in [7, 11) is 4.16. The van der Waals surface area contributed by atoms with Gasteiger partial charge in [0.1, 0.15) is 0 Å². The molecule has 1 aromatic heterocycles. The molecule has 6 heteroatoms. The molecule has 0 radical (unpaired) electrons. The molecule has 1 heterocycles. The number of halogens is 1. The van der Waals surface area contributed by atoms with Crippen molar-refractivity contribution in [1.82, 2.24) is 9.88 Å². The predicted molar refractivity (Wildman–Crippen MR) is 118 cm³/mol. The zero-order valence-corrected chi connectivity index (χ0v) is 18.4. The van der Waals surface area contributed by atoms with Crippen molar-refractivity contribution in [3.63, 3.8) is 0 Å². The van der Waals surface area contributed by atoms with E-state index in [0.717, 1.165) is 49.4 Å². The summed E-state index contributed by atoms with van der Waals surface area (Å²) in [6, 6.07) is 6.46. The first-order valence-corrected chi connectivity index (χ1v) is 10.8. The SMILES string of the molecule is CCc1ccc2nc(N(CCCN(C)C)C(=O)C3CCCCC3)sc2c1.Cl. The molecule has 0 N–H and O–H groups in total. The van der Waals surface area contributed by atoms with Crippen LogP contribution in [0.5, 0.6) is 0 Å². The Bertz CT molecular complexity index is 740. The molecular weight excluding hydrogens is 378 g/mol. The number of anilines is 1. The predicted octanol–water partition coefficient (Wildman–Crippen LogP) is 5.15. The summed E-state index contributed by atoms with van der Waals surface area (Å²) in [5, 5.41) is 0.877. The van der Waals surface area contributed by atoms with E-state index in [-0.39, 0.29) is 18.3 Å². The molecule has 0 atom stereocenters. The van der Waals surface area contributed by atoms with Crippen molar-refractivity contribution < 1.29 is 4.79 Å². The van der Waals surface area contributed by atoms with Gasteiger partial charge in [-0.3, -0.25) is 9.69 Å². The topological polar surface area (TPSA) is 36.4 Å². The van der Waals surface area contributed by atoms with Gasteiger partial charge in [-0.25, -0.2) is 4.98 Å². The van der Waals surface area contributed by atoms with Crippen LogP contribution in [0.1, 0.15) is 51.0 Å². The number of amides is 1. The quantitative estimate of drug-likeness (QED) is 0.634. The van der Waals surface area contributed by atoms with Crippen molar-refractivity contribution in [3.8, 4) is 0 Å². The minimum atomic E-state index is 0. The first kappa shape index (κ1) is 22.1. The number of hydrogen-bond acceptors (Lipinski definition) is 4. The second kappa shape index (κ2) is 10.4. The summed E-state index contributed by atoms with van der Waals surface area (Å²) in [6.07, 6.45) is 7.70. The number of aromatic nitrogens is 1.